The van der Waals surface area contributed by atoms with Gasteiger partial charge in [0.15, 0.2) is 0 Å². The van der Waals surface area contributed by atoms with E-state index in [0.29, 0.717) is 18.6 Å². The van der Waals surface area contributed by atoms with Gasteiger partial charge in [-0.1, -0.05) is 18.6 Å². The average molecular weight is 219 g/mol. The van der Waals surface area contributed by atoms with Crippen LogP contribution in [0.2, 0.25) is 0 Å². The molecule has 0 aliphatic heterocycles. The Hall–Kier alpha value is -1.51. The third-order valence-electron chi connectivity index (χ3n) is 3.05. The van der Waals surface area contributed by atoms with Crippen molar-refractivity contribution in [1.29, 1.82) is 0 Å². The molecule has 0 saturated heterocycles. The van der Waals surface area contributed by atoms with Crippen LogP contribution in [-0.2, 0) is 4.79 Å². The second kappa shape index (κ2) is 4.56. The molecule has 3 nitrogen and oxygen atoms in total. The Bertz CT molecular complexity index is 353. The van der Waals surface area contributed by atoms with Gasteiger partial charge < -0.3 is 9.84 Å². The van der Waals surface area contributed by atoms with Crippen molar-refractivity contribution < 1.29 is 14.6 Å². The maximum atomic E-state index is 11.3. The molecule has 2 rings (SSSR count). The van der Waals surface area contributed by atoms with Gasteiger partial charge in [0.25, 0.3) is 0 Å². The fourth-order valence-corrected chi connectivity index (χ4v) is 2.15. The van der Waals surface area contributed by atoms with E-state index in [-0.39, 0.29) is 0 Å². The van der Waals surface area contributed by atoms with Gasteiger partial charge in [-0.2, -0.15) is 0 Å². The molecule has 1 N–H and O–H groups in total. The van der Waals surface area contributed by atoms with Crippen LogP contribution in [0.25, 0.3) is 0 Å². The van der Waals surface area contributed by atoms with Crippen LogP contribution < -0.4 is 4.74 Å². The highest BCUT2D eigenvalue weighted by molar-refractivity contribution is 5.78. The van der Waals surface area contributed by atoms with E-state index in [0.717, 1.165) is 19.3 Å². The Labute approximate surface area is 95.0 Å². The van der Waals surface area contributed by atoms with Crippen LogP contribution in [-0.4, -0.2) is 16.7 Å². The zero-order valence-corrected chi connectivity index (χ0v) is 9.11. The molecule has 0 spiro atoms. The standard InChI is InChI=1S/C13H15O3/c14-12(15)13(9-5-2-6-10-13)16-11-7-3-1-4-8-11/h3-4,7-8H,2,5-6,9-10H2,(H,14,15). The summed E-state index contributed by atoms with van der Waals surface area (Å²) in [6.07, 6.45) is 4.14. The summed E-state index contributed by atoms with van der Waals surface area (Å²) in [5, 5.41) is 9.32. The van der Waals surface area contributed by atoms with Crippen LogP contribution in [0, 0.1) is 6.07 Å². The monoisotopic (exact) mass is 219 g/mol. The van der Waals surface area contributed by atoms with Gasteiger partial charge in [0.05, 0.1) is 0 Å². The van der Waals surface area contributed by atoms with E-state index in [2.05, 4.69) is 6.07 Å². The Morgan fingerprint density at radius 3 is 2.44 bits per heavy atom. The maximum absolute atomic E-state index is 11.3. The summed E-state index contributed by atoms with van der Waals surface area (Å²) in [6.45, 7) is 0. The molecule has 0 amide bonds. The van der Waals surface area contributed by atoms with Crippen LogP contribution in [0.4, 0.5) is 0 Å². The van der Waals surface area contributed by atoms with Crippen molar-refractivity contribution in [3.63, 3.8) is 0 Å². The van der Waals surface area contributed by atoms with Gasteiger partial charge in [-0.25, -0.2) is 4.79 Å². The van der Waals surface area contributed by atoms with Crippen LogP contribution in [0.15, 0.2) is 24.3 Å². The van der Waals surface area contributed by atoms with Crippen molar-refractivity contribution in [2.45, 2.75) is 37.7 Å². The lowest BCUT2D eigenvalue weighted by atomic mass is 9.84. The summed E-state index contributed by atoms with van der Waals surface area (Å²) < 4.78 is 5.68. The molecular formula is C13H15O3. The second-order valence-corrected chi connectivity index (χ2v) is 4.20. The van der Waals surface area contributed by atoms with Crippen molar-refractivity contribution in [2.75, 3.05) is 0 Å². The first-order valence-corrected chi connectivity index (χ1v) is 5.61. The number of hydrogen-bond acceptors (Lipinski definition) is 2. The minimum atomic E-state index is -1.01. The third-order valence-corrected chi connectivity index (χ3v) is 3.05. The zero-order chi connectivity index (χ0) is 11.4. The summed E-state index contributed by atoms with van der Waals surface area (Å²) in [4.78, 5) is 11.3. The van der Waals surface area contributed by atoms with E-state index in [1.807, 2.05) is 0 Å². The lowest BCUT2D eigenvalue weighted by Crippen LogP contribution is -2.46. The van der Waals surface area contributed by atoms with Crippen LogP contribution in [0.1, 0.15) is 32.1 Å². The molecule has 0 heterocycles. The van der Waals surface area contributed by atoms with E-state index >= 15 is 0 Å². The quantitative estimate of drug-likeness (QED) is 0.850. The molecule has 1 aromatic rings. The van der Waals surface area contributed by atoms with Crippen LogP contribution in [0.5, 0.6) is 5.75 Å². The topological polar surface area (TPSA) is 46.5 Å². The third kappa shape index (κ3) is 2.18. The minimum Gasteiger partial charge on any atom is -0.478 e. The SMILES string of the molecule is O=C(O)C1(Oc2cc[c]cc2)CCCCC1. The normalized spacial score (nSPS) is 19.0. The first-order chi connectivity index (χ1) is 7.73. The number of aliphatic carboxylic acids is 1. The van der Waals surface area contributed by atoms with E-state index in [1.54, 1.807) is 24.3 Å². The van der Waals surface area contributed by atoms with Gasteiger partial charge in [-0.3, -0.25) is 0 Å². The molecule has 3 heteroatoms. The van der Waals surface area contributed by atoms with E-state index in [9.17, 15) is 9.90 Å². The Morgan fingerprint density at radius 1 is 1.25 bits per heavy atom. The zero-order valence-electron chi connectivity index (χ0n) is 9.11. The highest BCUT2D eigenvalue weighted by Crippen LogP contribution is 2.33. The lowest BCUT2D eigenvalue weighted by molar-refractivity contribution is -0.158. The van der Waals surface area contributed by atoms with Gasteiger partial charge in [0.1, 0.15) is 5.75 Å². The molecule has 0 bridgehead atoms. The van der Waals surface area contributed by atoms with E-state index < -0.39 is 11.6 Å². The van der Waals surface area contributed by atoms with E-state index in [4.69, 9.17) is 4.74 Å². The first-order valence-electron chi connectivity index (χ1n) is 5.61. The summed E-state index contributed by atoms with van der Waals surface area (Å²) in [5.74, 6) is -0.233. The first kappa shape index (κ1) is 11.0. The molecule has 1 fully saturated rings. The molecule has 16 heavy (non-hydrogen) atoms. The smallest absolute Gasteiger partial charge is 0.348 e. The molecule has 0 aromatic heterocycles. The molecule has 85 valence electrons. The lowest BCUT2D eigenvalue weighted by Gasteiger charge is -2.33. The number of hydrogen-bond donors (Lipinski definition) is 1. The highest BCUT2D eigenvalue weighted by Gasteiger charge is 2.42. The van der Waals surface area contributed by atoms with Crippen LogP contribution >= 0.6 is 0 Å². The van der Waals surface area contributed by atoms with Gasteiger partial charge in [-0.15, -0.1) is 0 Å². The fourth-order valence-electron chi connectivity index (χ4n) is 2.15. The molecule has 1 aliphatic carbocycles. The molecular weight excluding hydrogens is 204 g/mol. The summed E-state index contributed by atoms with van der Waals surface area (Å²) in [6, 6.07) is 9.84. The minimum absolute atomic E-state index is 0.598. The van der Waals surface area contributed by atoms with Crippen molar-refractivity contribution in [3.05, 3.63) is 30.3 Å². The summed E-state index contributed by atoms with van der Waals surface area (Å²) in [7, 11) is 0. The van der Waals surface area contributed by atoms with Gasteiger partial charge in [0.2, 0.25) is 5.60 Å². The number of carboxylic acids is 1. The molecule has 0 unspecified atom stereocenters. The molecule has 1 aliphatic rings. The average Bonchev–Trinajstić information content (AvgIpc) is 2.31. The van der Waals surface area contributed by atoms with Gasteiger partial charge in [0, 0.05) is 0 Å². The molecule has 1 radical (unpaired) electrons. The van der Waals surface area contributed by atoms with Crippen molar-refractivity contribution >= 4 is 5.97 Å². The Kier molecular flexibility index (Phi) is 3.13. The number of ether oxygens (including phenoxy) is 1. The largest absolute Gasteiger partial charge is 0.478 e. The number of carboxylic acid groups (broad SMARTS) is 1. The van der Waals surface area contributed by atoms with Crippen molar-refractivity contribution in [2.24, 2.45) is 0 Å². The number of benzene rings is 1. The van der Waals surface area contributed by atoms with Crippen molar-refractivity contribution in [1.82, 2.24) is 0 Å². The van der Waals surface area contributed by atoms with Gasteiger partial charge >= 0.3 is 5.97 Å². The molecule has 1 aromatic carbocycles. The number of carbonyl (C=O) groups is 1. The van der Waals surface area contributed by atoms with E-state index in [1.165, 1.54) is 0 Å². The Morgan fingerprint density at radius 2 is 1.88 bits per heavy atom. The summed E-state index contributed by atoms with van der Waals surface area (Å²) in [5.41, 5.74) is -1.01. The van der Waals surface area contributed by atoms with Crippen LogP contribution in [0.3, 0.4) is 0 Å². The Balaban J connectivity index is 2.17. The second-order valence-electron chi connectivity index (χ2n) is 4.20. The fraction of sp³-hybridized carbons (Fsp3) is 0.462. The maximum Gasteiger partial charge on any atom is 0.348 e. The summed E-state index contributed by atoms with van der Waals surface area (Å²) >= 11 is 0. The predicted molar refractivity (Wildman–Crippen MR) is 59.4 cm³/mol. The van der Waals surface area contributed by atoms with Crippen molar-refractivity contribution in [3.8, 4) is 5.75 Å². The molecule has 1 saturated carbocycles. The molecule has 0 atom stereocenters. The highest BCUT2D eigenvalue weighted by atomic mass is 16.5. The van der Waals surface area contributed by atoms with Gasteiger partial charge in [-0.05, 0) is 43.9 Å². The predicted octanol–water partition coefficient (Wildman–Crippen LogP) is 2.65. The number of rotatable bonds is 3.